The summed E-state index contributed by atoms with van der Waals surface area (Å²) < 4.78 is 39.7. The molecule has 0 rings (SSSR count). The number of halogens is 3. The number of hydrogen-bond donors (Lipinski definition) is 2. The van der Waals surface area contributed by atoms with Crippen LogP contribution in [0.15, 0.2) is 0 Å². The van der Waals surface area contributed by atoms with Crippen LogP contribution in [-0.2, 0) is 14.3 Å². The number of ether oxygens (including phenoxy) is 1. The number of nitrogens with one attached hydrogen (secondary N) is 2. The summed E-state index contributed by atoms with van der Waals surface area (Å²) in [6.07, 6.45) is -4.26. The predicted octanol–water partition coefficient (Wildman–Crippen LogP) is -0.574. The SMILES string of the molecule is COCC(NC=O)C(=O)NCC(F)(F)F. The highest BCUT2D eigenvalue weighted by Gasteiger charge is 2.29. The Morgan fingerprint density at radius 3 is 2.53 bits per heavy atom. The first-order chi connectivity index (χ1) is 6.90. The summed E-state index contributed by atoms with van der Waals surface area (Å²) in [5, 5.41) is 3.66. The summed E-state index contributed by atoms with van der Waals surface area (Å²) in [5.41, 5.74) is 0. The molecular weight excluding hydrogens is 217 g/mol. The summed E-state index contributed by atoms with van der Waals surface area (Å²) in [4.78, 5) is 21.1. The predicted molar refractivity (Wildman–Crippen MR) is 43.9 cm³/mol. The average Bonchev–Trinajstić information content (AvgIpc) is 2.13. The fourth-order valence-electron chi connectivity index (χ4n) is 0.759. The van der Waals surface area contributed by atoms with Crippen LogP contribution in [0.3, 0.4) is 0 Å². The van der Waals surface area contributed by atoms with E-state index in [2.05, 4.69) is 4.74 Å². The largest absolute Gasteiger partial charge is 0.405 e. The minimum Gasteiger partial charge on any atom is -0.382 e. The number of methoxy groups -OCH3 is 1. The zero-order valence-corrected chi connectivity index (χ0v) is 7.93. The van der Waals surface area contributed by atoms with Crippen LogP contribution in [0.25, 0.3) is 0 Å². The monoisotopic (exact) mass is 228 g/mol. The molecule has 0 spiro atoms. The van der Waals surface area contributed by atoms with Crippen LogP contribution in [0.1, 0.15) is 0 Å². The van der Waals surface area contributed by atoms with E-state index in [1.165, 1.54) is 7.11 Å². The number of rotatable bonds is 6. The van der Waals surface area contributed by atoms with Crippen molar-refractivity contribution in [1.29, 1.82) is 0 Å². The Bertz CT molecular complexity index is 220. The van der Waals surface area contributed by atoms with Gasteiger partial charge in [-0.1, -0.05) is 0 Å². The quantitative estimate of drug-likeness (QED) is 0.598. The molecule has 8 heteroatoms. The third-order valence-electron chi connectivity index (χ3n) is 1.38. The number of carbonyl (C=O) groups excluding carboxylic acids is 2. The van der Waals surface area contributed by atoms with E-state index in [0.717, 1.165) is 0 Å². The lowest BCUT2D eigenvalue weighted by Gasteiger charge is -2.15. The average molecular weight is 228 g/mol. The van der Waals surface area contributed by atoms with Gasteiger partial charge in [0.15, 0.2) is 0 Å². The molecule has 0 bridgehead atoms. The Kier molecular flexibility index (Phi) is 5.68. The molecule has 1 atom stereocenters. The molecule has 1 unspecified atom stereocenters. The fourth-order valence-corrected chi connectivity index (χ4v) is 0.759. The third-order valence-corrected chi connectivity index (χ3v) is 1.38. The van der Waals surface area contributed by atoms with E-state index in [4.69, 9.17) is 0 Å². The van der Waals surface area contributed by atoms with Crippen LogP contribution in [0.4, 0.5) is 13.2 Å². The van der Waals surface area contributed by atoms with E-state index in [-0.39, 0.29) is 13.0 Å². The molecule has 0 aliphatic rings. The van der Waals surface area contributed by atoms with Gasteiger partial charge < -0.3 is 15.4 Å². The lowest BCUT2D eigenvalue weighted by atomic mass is 10.3. The van der Waals surface area contributed by atoms with Crippen molar-refractivity contribution in [3.8, 4) is 0 Å². The van der Waals surface area contributed by atoms with Gasteiger partial charge >= 0.3 is 6.18 Å². The molecule has 0 aliphatic carbocycles. The highest BCUT2D eigenvalue weighted by Crippen LogP contribution is 2.12. The smallest absolute Gasteiger partial charge is 0.382 e. The van der Waals surface area contributed by atoms with Crippen molar-refractivity contribution in [3.63, 3.8) is 0 Å². The standard InChI is InChI=1S/C7H11F3N2O3/c1-15-2-5(12-4-13)6(14)11-3-7(8,9)10/h4-5H,2-3H2,1H3,(H,11,14)(H,12,13). The van der Waals surface area contributed by atoms with Crippen LogP contribution < -0.4 is 10.6 Å². The second kappa shape index (κ2) is 6.23. The molecule has 88 valence electrons. The van der Waals surface area contributed by atoms with E-state index >= 15 is 0 Å². The van der Waals surface area contributed by atoms with E-state index in [1.54, 1.807) is 5.32 Å². The van der Waals surface area contributed by atoms with Gasteiger partial charge in [0, 0.05) is 7.11 Å². The summed E-state index contributed by atoms with van der Waals surface area (Å²) in [6.45, 7) is -1.63. The van der Waals surface area contributed by atoms with Crippen molar-refractivity contribution in [1.82, 2.24) is 10.6 Å². The Morgan fingerprint density at radius 1 is 1.53 bits per heavy atom. The fraction of sp³-hybridized carbons (Fsp3) is 0.714. The van der Waals surface area contributed by atoms with E-state index < -0.39 is 24.7 Å². The normalized spacial score (nSPS) is 13.1. The van der Waals surface area contributed by atoms with Crippen LogP contribution >= 0.6 is 0 Å². The number of hydrogen-bond acceptors (Lipinski definition) is 3. The molecule has 0 aromatic carbocycles. The van der Waals surface area contributed by atoms with Crippen molar-refractivity contribution >= 4 is 12.3 Å². The van der Waals surface area contributed by atoms with Gasteiger partial charge in [0.05, 0.1) is 6.61 Å². The highest BCUT2D eigenvalue weighted by atomic mass is 19.4. The Morgan fingerprint density at radius 2 is 2.13 bits per heavy atom. The summed E-state index contributed by atoms with van der Waals surface area (Å²) in [7, 11) is 1.26. The van der Waals surface area contributed by atoms with Crippen molar-refractivity contribution in [2.75, 3.05) is 20.3 Å². The molecule has 0 saturated carbocycles. The summed E-state index contributed by atoms with van der Waals surface area (Å²) >= 11 is 0. The molecule has 15 heavy (non-hydrogen) atoms. The second-order valence-electron chi connectivity index (χ2n) is 2.63. The maximum Gasteiger partial charge on any atom is 0.405 e. The van der Waals surface area contributed by atoms with Gasteiger partial charge in [-0.3, -0.25) is 9.59 Å². The zero-order valence-electron chi connectivity index (χ0n) is 7.93. The van der Waals surface area contributed by atoms with Gasteiger partial charge in [-0.15, -0.1) is 0 Å². The van der Waals surface area contributed by atoms with Gasteiger partial charge in [-0.25, -0.2) is 0 Å². The molecule has 0 heterocycles. The summed E-state index contributed by atoms with van der Waals surface area (Å²) in [5.74, 6) is -0.943. The molecule has 0 aliphatic heterocycles. The topological polar surface area (TPSA) is 67.4 Å². The van der Waals surface area contributed by atoms with E-state index in [9.17, 15) is 22.8 Å². The van der Waals surface area contributed by atoms with Crippen molar-refractivity contribution in [2.24, 2.45) is 0 Å². The van der Waals surface area contributed by atoms with Crippen molar-refractivity contribution in [2.45, 2.75) is 12.2 Å². The molecule has 2 N–H and O–H groups in total. The molecule has 0 saturated heterocycles. The molecule has 5 nitrogen and oxygen atoms in total. The van der Waals surface area contributed by atoms with Gasteiger partial charge in [-0.2, -0.15) is 13.2 Å². The molecule has 2 amide bonds. The van der Waals surface area contributed by atoms with Gasteiger partial charge in [0.1, 0.15) is 12.6 Å². The molecule has 0 aromatic heterocycles. The Balaban J connectivity index is 4.07. The lowest BCUT2D eigenvalue weighted by Crippen LogP contribution is -2.48. The Labute approximate surface area is 84.0 Å². The first kappa shape index (κ1) is 13.7. The van der Waals surface area contributed by atoms with Crippen LogP contribution in [0.2, 0.25) is 0 Å². The van der Waals surface area contributed by atoms with Crippen LogP contribution in [0.5, 0.6) is 0 Å². The van der Waals surface area contributed by atoms with Gasteiger partial charge in [-0.05, 0) is 0 Å². The van der Waals surface area contributed by atoms with Gasteiger partial charge in [0.2, 0.25) is 12.3 Å². The number of amides is 2. The molecule has 0 fully saturated rings. The first-order valence-corrected chi connectivity index (χ1v) is 3.94. The maximum atomic E-state index is 11.7. The number of carbonyl (C=O) groups is 2. The summed E-state index contributed by atoms with van der Waals surface area (Å²) in [6, 6.07) is -1.12. The Hall–Kier alpha value is -1.31. The third kappa shape index (κ3) is 6.72. The minimum atomic E-state index is -4.48. The minimum absolute atomic E-state index is 0.192. The molecule has 0 radical (unpaired) electrons. The molecular formula is C7H11F3N2O3. The highest BCUT2D eigenvalue weighted by molar-refractivity contribution is 5.83. The number of alkyl halides is 3. The maximum absolute atomic E-state index is 11.7. The van der Waals surface area contributed by atoms with E-state index in [1.807, 2.05) is 5.32 Å². The molecule has 0 aromatic rings. The van der Waals surface area contributed by atoms with Crippen molar-refractivity contribution < 1.29 is 27.5 Å². The van der Waals surface area contributed by atoms with Gasteiger partial charge in [0.25, 0.3) is 0 Å². The second-order valence-corrected chi connectivity index (χ2v) is 2.63. The van der Waals surface area contributed by atoms with Crippen LogP contribution in [0, 0.1) is 0 Å². The lowest BCUT2D eigenvalue weighted by molar-refractivity contribution is -0.140. The first-order valence-electron chi connectivity index (χ1n) is 3.94. The van der Waals surface area contributed by atoms with Crippen molar-refractivity contribution in [3.05, 3.63) is 0 Å². The zero-order chi connectivity index (χ0) is 11.9. The van der Waals surface area contributed by atoms with Crippen LogP contribution in [-0.4, -0.2) is 44.8 Å². The van der Waals surface area contributed by atoms with E-state index in [0.29, 0.717) is 0 Å².